The lowest BCUT2D eigenvalue weighted by molar-refractivity contribution is 0.112. The van der Waals surface area contributed by atoms with Crippen molar-refractivity contribution < 1.29 is 9.59 Å². The minimum Gasteiger partial charge on any atom is -0.337 e. The van der Waals surface area contributed by atoms with Crippen LogP contribution in [0, 0.1) is 0 Å². The fourth-order valence-electron chi connectivity index (χ4n) is 4.47. The summed E-state index contributed by atoms with van der Waals surface area (Å²) in [5.74, 6) is 0. The summed E-state index contributed by atoms with van der Waals surface area (Å²) in [5.41, 5.74) is 4.30. The van der Waals surface area contributed by atoms with Gasteiger partial charge in [0.15, 0.2) is 0 Å². The highest BCUT2D eigenvalue weighted by Gasteiger charge is 2.35. The second kappa shape index (κ2) is 10.6. The second-order valence-electron chi connectivity index (χ2n) is 8.87. The maximum absolute atomic E-state index is 12.7. The molecule has 0 radical (unpaired) electrons. The number of nitrogens with one attached hydrogen (secondary N) is 2. The molecule has 0 saturated carbocycles. The first-order chi connectivity index (χ1) is 16.4. The van der Waals surface area contributed by atoms with Crippen LogP contribution in [0.2, 0.25) is 10.0 Å². The van der Waals surface area contributed by atoms with Crippen molar-refractivity contribution in [3.8, 4) is 11.1 Å². The molecule has 1 saturated heterocycles. The number of benzene rings is 3. The number of carbonyl (C=O) groups excluding carboxylic acids is 2. The maximum atomic E-state index is 12.7. The van der Waals surface area contributed by atoms with Crippen LogP contribution in [0.1, 0.15) is 28.8 Å². The van der Waals surface area contributed by atoms with Crippen LogP contribution in [-0.4, -0.2) is 43.9 Å². The third kappa shape index (κ3) is 5.79. The average Bonchev–Trinajstić information content (AvgIpc) is 2.83. The summed E-state index contributed by atoms with van der Waals surface area (Å²) < 4.78 is 0. The molecule has 7 heteroatoms. The predicted molar refractivity (Wildman–Crippen MR) is 139 cm³/mol. The second-order valence-corrected chi connectivity index (χ2v) is 9.74. The Hall–Kier alpha value is -2.86. The Labute approximate surface area is 210 Å². The molecule has 5 nitrogen and oxygen atoms in total. The lowest BCUT2D eigenvalue weighted by Gasteiger charge is -2.41. The average molecular weight is 496 g/mol. The van der Waals surface area contributed by atoms with Crippen LogP contribution in [0.5, 0.6) is 0 Å². The van der Waals surface area contributed by atoms with E-state index in [-0.39, 0.29) is 11.4 Å². The topological polar surface area (TPSA) is 61.4 Å². The van der Waals surface area contributed by atoms with Crippen LogP contribution in [0.4, 0.5) is 10.5 Å². The zero-order chi connectivity index (χ0) is 24.1. The molecular formula is C27H27Cl2N3O2. The van der Waals surface area contributed by atoms with Gasteiger partial charge in [0.05, 0.1) is 0 Å². The van der Waals surface area contributed by atoms with Gasteiger partial charge in [0.2, 0.25) is 0 Å². The van der Waals surface area contributed by atoms with Crippen LogP contribution < -0.4 is 10.6 Å². The number of hydrogen-bond acceptors (Lipinski definition) is 3. The molecule has 1 heterocycles. The first-order valence-corrected chi connectivity index (χ1v) is 12.0. The van der Waals surface area contributed by atoms with Gasteiger partial charge in [-0.15, -0.1) is 0 Å². The lowest BCUT2D eigenvalue weighted by atomic mass is 9.72. The van der Waals surface area contributed by atoms with Gasteiger partial charge in [-0.3, -0.25) is 4.79 Å². The van der Waals surface area contributed by atoms with Gasteiger partial charge >= 0.3 is 6.03 Å². The molecular weight excluding hydrogens is 469 g/mol. The van der Waals surface area contributed by atoms with Gasteiger partial charge in [0.1, 0.15) is 6.29 Å². The van der Waals surface area contributed by atoms with Crippen LogP contribution in [-0.2, 0) is 5.41 Å². The monoisotopic (exact) mass is 495 g/mol. The SMILES string of the molecule is CN1CCC(CNC(=O)Nc2cc(Cl)cc(Cl)c2)(c2ccc(-c3cccc(C=O)c3)cc2)CC1. The lowest BCUT2D eigenvalue weighted by Crippen LogP contribution is -2.48. The van der Waals surface area contributed by atoms with E-state index in [1.165, 1.54) is 5.56 Å². The zero-order valence-corrected chi connectivity index (χ0v) is 20.5. The molecule has 1 aliphatic rings. The minimum atomic E-state index is -0.293. The van der Waals surface area contributed by atoms with Gasteiger partial charge in [-0.05, 0) is 73.9 Å². The number of urea groups is 1. The number of rotatable bonds is 6. The van der Waals surface area contributed by atoms with E-state index in [9.17, 15) is 9.59 Å². The molecule has 3 aromatic carbocycles. The van der Waals surface area contributed by atoms with Crippen molar-refractivity contribution in [3.63, 3.8) is 0 Å². The van der Waals surface area contributed by atoms with E-state index >= 15 is 0 Å². The van der Waals surface area contributed by atoms with Gasteiger partial charge in [0, 0.05) is 33.3 Å². The third-order valence-electron chi connectivity index (χ3n) is 6.51. The van der Waals surface area contributed by atoms with E-state index < -0.39 is 0 Å². The summed E-state index contributed by atoms with van der Waals surface area (Å²) >= 11 is 12.1. The quantitative estimate of drug-likeness (QED) is 0.396. The number of carbonyl (C=O) groups is 2. The van der Waals surface area contributed by atoms with Crippen LogP contribution in [0.3, 0.4) is 0 Å². The van der Waals surface area contributed by atoms with E-state index in [4.69, 9.17) is 23.2 Å². The summed E-state index contributed by atoms with van der Waals surface area (Å²) in [6.07, 6.45) is 2.74. The number of amides is 2. The largest absolute Gasteiger partial charge is 0.337 e. The first-order valence-electron chi connectivity index (χ1n) is 11.2. The van der Waals surface area contributed by atoms with Crippen molar-refractivity contribution in [2.24, 2.45) is 0 Å². The fourth-order valence-corrected chi connectivity index (χ4v) is 5.00. The number of hydrogen-bond donors (Lipinski definition) is 2. The highest BCUT2D eigenvalue weighted by atomic mass is 35.5. The fraction of sp³-hybridized carbons (Fsp3) is 0.259. The number of nitrogens with zero attached hydrogens (tertiary/aromatic N) is 1. The molecule has 1 fully saturated rings. The van der Waals surface area contributed by atoms with Gasteiger partial charge in [-0.1, -0.05) is 65.7 Å². The van der Waals surface area contributed by atoms with E-state index in [0.29, 0.717) is 27.8 Å². The Morgan fingerprint density at radius 2 is 1.65 bits per heavy atom. The van der Waals surface area contributed by atoms with Gasteiger partial charge < -0.3 is 15.5 Å². The smallest absolute Gasteiger partial charge is 0.319 e. The highest BCUT2D eigenvalue weighted by Crippen LogP contribution is 2.36. The molecule has 2 amide bonds. The number of anilines is 1. The molecule has 34 heavy (non-hydrogen) atoms. The Kier molecular flexibility index (Phi) is 7.57. The first kappa shape index (κ1) is 24.3. The molecule has 4 rings (SSSR count). The predicted octanol–water partition coefficient (Wildman–Crippen LogP) is 6.26. The van der Waals surface area contributed by atoms with E-state index in [1.807, 2.05) is 18.2 Å². The number of aldehydes is 1. The van der Waals surface area contributed by atoms with E-state index in [0.717, 1.165) is 43.3 Å². The molecule has 0 atom stereocenters. The molecule has 0 aliphatic carbocycles. The van der Waals surface area contributed by atoms with Crippen molar-refractivity contribution in [2.45, 2.75) is 18.3 Å². The maximum Gasteiger partial charge on any atom is 0.319 e. The van der Waals surface area contributed by atoms with Crippen LogP contribution >= 0.6 is 23.2 Å². The summed E-state index contributed by atoms with van der Waals surface area (Å²) in [7, 11) is 2.12. The van der Waals surface area contributed by atoms with Crippen molar-refractivity contribution in [1.82, 2.24) is 10.2 Å². The van der Waals surface area contributed by atoms with E-state index in [2.05, 4.69) is 46.8 Å². The molecule has 0 unspecified atom stereocenters. The van der Waals surface area contributed by atoms with Crippen LogP contribution in [0.25, 0.3) is 11.1 Å². The van der Waals surface area contributed by atoms with Crippen molar-refractivity contribution in [1.29, 1.82) is 0 Å². The summed E-state index contributed by atoms with van der Waals surface area (Å²) in [6, 6.07) is 20.7. The molecule has 3 aromatic rings. The summed E-state index contributed by atoms with van der Waals surface area (Å²) in [5, 5.41) is 6.82. The molecule has 0 aromatic heterocycles. The molecule has 1 aliphatic heterocycles. The van der Waals surface area contributed by atoms with Gasteiger partial charge in [-0.25, -0.2) is 4.79 Å². The molecule has 176 valence electrons. The summed E-state index contributed by atoms with van der Waals surface area (Å²) in [4.78, 5) is 26.1. The Morgan fingerprint density at radius 3 is 2.29 bits per heavy atom. The molecule has 0 bridgehead atoms. The number of likely N-dealkylation sites (tertiary alicyclic amines) is 1. The molecule has 2 N–H and O–H groups in total. The standard InChI is InChI=1S/C27H27Cl2N3O2/c1-32-11-9-27(10-12-32,18-30-26(34)31-25-15-23(28)14-24(29)16-25)22-7-5-20(6-8-22)21-4-2-3-19(13-21)17-33/h2-8,13-17H,9-12,18H2,1H3,(H2,30,31,34). The number of halogens is 2. The zero-order valence-electron chi connectivity index (χ0n) is 19.0. The van der Waals surface area contributed by atoms with Gasteiger partial charge in [-0.2, -0.15) is 0 Å². The van der Waals surface area contributed by atoms with Crippen molar-refractivity contribution >= 4 is 41.2 Å². The minimum absolute atomic E-state index is 0.168. The third-order valence-corrected chi connectivity index (χ3v) is 6.94. The van der Waals surface area contributed by atoms with Gasteiger partial charge in [0.25, 0.3) is 0 Å². The Bertz CT molecular complexity index is 1150. The Morgan fingerprint density at radius 1 is 0.971 bits per heavy atom. The normalized spacial score (nSPS) is 15.5. The van der Waals surface area contributed by atoms with E-state index in [1.54, 1.807) is 24.3 Å². The molecule has 0 spiro atoms. The van der Waals surface area contributed by atoms with Crippen molar-refractivity contribution in [3.05, 3.63) is 87.9 Å². The number of piperidine rings is 1. The van der Waals surface area contributed by atoms with Crippen LogP contribution in [0.15, 0.2) is 66.7 Å². The van der Waals surface area contributed by atoms with Crippen molar-refractivity contribution in [2.75, 3.05) is 32.0 Å². The highest BCUT2D eigenvalue weighted by molar-refractivity contribution is 6.35. The Balaban J connectivity index is 1.51. The summed E-state index contributed by atoms with van der Waals surface area (Å²) in [6.45, 7) is 2.42.